The van der Waals surface area contributed by atoms with E-state index >= 15 is 0 Å². The van der Waals surface area contributed by atoms with Crippen LogP contribution in [0.2, 0.25) is 0 Å². The van der Waals surface area contributed by atoms with E-state index in [9.17, 15) is 34.8 Å². The van der Waals surface area contributed by atoms with Crippen molar-refractivity contribution in [1.29, 1.82) is 0 Å². The molecule has 3 saturated heterocycles. The summed E-state index contributed by atoms with van der Waals surface area (Å²) < 4.78 is 24.1. The van der Waals surface area contributed by atoms with Gasteiger partial charge in [0.2, 0.25) is 5.78 Å². The summed E-state index contributed by atoms with van der Waals surface area (Å²) in [6.07, 6.45) is -1.72. The molecule has 4 N–H and O–H groups in total. The number of rotatable bonds is 5. The van der Waals surface area contributed by atoms with Crippen molar-refractivity contribution in [2.45, 2.75) is 79.0 Å². The summed E-state index contributed by atoms with van der Waals surface area (Å²) in [5.41, 5.74) is -3.27. The maximum Gasteiger partial charge on any atom is 0.202 e. The normalized spacial score (nSPS) is 34.2. The highest BCUT2D eigenvalue weighted by Crippen LogP contribution is 2.53. The summed E-state index contributed by atoms with van der Waals surface area (Å²) in [6, 6.07) is 4.43. The molecular weight excluding hydrogens is 689 g/mol. The van der Waals surface area contributed by atoms with E-state index in [4.69, 9.17) is 18.9 Å². The quantitative estimate of drug-likeness (QED) is 0.172. The van der Waals surface area contributed by atoms with E-state index in [1.165, 1.54) is 25.3 Å². The Kier molecular flexibility index (Phi) is 7.31. The molecule has 3 heterocycles. The Morgan fingerprint density at radius 2 is 1.89 bits per heavy atom. The summed E-state index contributed by atoms with van der Waals surface area (Å²) in [7, 11) is 1.35. The van der Waals surface area contributed by atoms with Crippen LogP contribution in [-0.2, 0) is 25.4 Å². The zero-order chi connectivity index (χ0) is 31.2. The lowest BCUT2D eigenvalue weighted by molar-refractivity contribution is -0.241. The molecule has 0 amide bonds. The van der Waals surface area contributed by atoms with Gasteiger partial charge < -0.3 is 39.4 Å². The average molecular weight is 721 g/mol. The van der Waals surface area contributed by atoms with Gasteiger partial charge in [-0.2, -0.15) is 0 Å². The number of Topliss-reactive ketones (excluding diaryl/α,β-unsaturated/α-hetero) is 1. The minimum Gasteiger partial charge on any atom is -0.507 e. The molecule has 2 aliphatic carbocycles. The Morgan fingerprint density at radius 3 is 2.61 bits per heavy atom. The van der Waals surface area contributed by atoms with E-state index in [-0.39, 0.29) is 56.4 Å². The summed E-state index contributed by atoms with van der Waals surface area (Å²) in [4.78, 5) is 42.7. The van der Waals surface area contributed by atoms with Crippen molar-refractivity contribution in [2.75, 3.05) is 20.3 Å². The predicted octanol–water partition coefficient (Wildman–Crippen LogP) is 1.92. The summed E-state index contributed by atoms with van der Waals surface area (Å²) >= 11 is 2.25. The van der Waals surface area contributed by atoms with Crippen molar-refractivity contribution in [3.05, 3.63) is 51.6 Å². The van der Waals surface area contributed by atoms with Gasteiger partial charge in [-0.15, -0.1) is 0 Å². The lowest BCUT2D eigenvalue weighted by Crippen LogP contribution is -2.58. The highest BCUT2D eigenvalue weighted by Gasteiger charge is 2.57. The van der Waals surface area contributed by atoms with E-state index < -0.39 is 77.4 Å². The third kappa shape index (κ3) is 4.20. The molecule has 0 aromatic heterocycles. The summed E-state index contributed by atoms with van der Waals surface area (Å²) in [5.74, 6) is -3.49. The number of benzene rings is 2. The second-order valence-electron chi connectivity index (χ2n) is 12.1. The molecule has 8 atom stereocenters. The molecule has 3 aliphatic heterocycles. The van der Waals surface area contributed by atoms with E-state index in [2.05, 4.69) is 27.5 Å². The van der Waals surface area contributed by atoms with Crippen LogP contribution >= 0.6 is 22.6 Å². The monoisotopic (exact) mass is 721 g/mol. The number of ketones is 3. The van der Waals surface area contributed by atoms with Crippen LogP contribution in [0.1, 0.15) is 75.3 Å². The molecule has 44 heavy (non-hydrogen) atoms. The average Bonchev–Trinajstić information content (AvgIpc) is 3.61. The third-order valence-electron chi connectivity index (χ3n) is 9.71. The van der Waals surface area contributed by atoms with Crippen molar-refractivity contribution >= 4 is 39.9 Å². The number of methoxy groups -OCH3 is 1. The number of alkyl halides is 1. The number of nitrogens with zero attached hydrogens (tertiary/aromatic N) is 1. The molecule has 2 aromatic carbocycles. The lowest BCUT2D eigenvalue weighted by Gasteiger charge is -2.45. The van der Waals surface area contributed by atoms with Crippen LogP contribution in [0, 0.1) is 0 Å². The number of hydrogen-bond acceptors (Lipinski definition) is 12. The molecule has 2 aromatic rings. The number of hydrogen-bond donors (Lipinski definition) is 4. The highest BCUT2D eigenvalue weighted by molar-refractivity contribution is 14.1. The van der Waals surface area contributed by atoms with Crippen molar-refractivity contribution in [1.82, 2.24) is 4.90 Å². The van der Waals surface area contributed by atoms with Crippen LogP contribution < -0.4 is 4.74 Å². The summed E-state index contributed by atoms with van der Waals surface area (Å²) in [5, 5.41) is 44.5. The van der Waals surface area contributed by atoms with Gasteiger partial charge in [0.1, 0.15) is 41.8 Å². The van der Waals surface area contributed by atoms with E-state index in [0.29, 0.717) is 0 Å². The van der Waals surface area contributed by atoms with Crippen LogP contribution in [0.15, 0.2) is 18.2 Å². The van der Waals surface area contributed by atoms with Crippen LogP contribution in [0.4, 0.5) is 0 Å². The number of aliphatic hydroxyl groups is 2. The molecule has 0 spiro atoms. The van der Waals surface area contributed by atoms with Crippen LogP contribution in [0.25, 0.3) is 0 Å². The Balaban J connectivity index is 1.35. The number of carbonyl (C=O) groups is 3. The second kappa shape index (κ2) is 10.7. The number of aliphatic hydroxyl groups excluding tert-OH is 1. The standard InChI is InChI=1S/C31H32INO11/c1-12-29-24(33-8-4-7-18(33)44-29)23(32)30(42-12)43-16-10-31(40,17(35)11-34)9-14-20(16)28(39)22-21(26(14)37)25(36)13-5-3-6-15(41-2)19(13)27(22)38/h3,5-6,12,16,18,23-24,29-30,34,37,39-40H,4,7-11H2,1-2H3/t12-,16-,18?,23+,24-,29+,30-,31-/m0/s1. The van der Waals surface area contributed by atoms with Crippen LogP contribution in [-0.4, -0.2) is 103 Å². The number of aromatic hydroxyl groups is 2. The molecule has 234 valence electrons. The third-order valence-corrected chi connectivity index (χ3v) is 11.0. The molecule has 0 radical (unpaired) electrons. The van der Waals surface area contributed by atoms with Gasteiger partial charge in [-0.1, -0.05) is 34.7 Å². The molecule has 1 unspecified atom stereocenters. The maximum absolute atomic E-state index is 13.9. The smallest absolute Gasteiger partial charge is 0.202 e. The fourth-order valence-electron chi connectivity index (χ4n) is 7.64. The first kappa shape index (κ1) is 30.0. The minimum atomic E-state index is -2.20. The predicted molar refractivity (Wildman–Crippen MR) is 159 cm³/mol. The molecule has 0 saturated carbocycles. The maximum atomic E-state index is 13.9. The lowest BCUT2D eigenvalue weighted by atomic mass is 9.72. The molecule has 5 aliphatic rings. The van der Waals surface area contributed by atoms with Crippen molar-refractivity contribution in [3.63, 3.8) is 0 Å². The first-order valence-corrected chi connectivity index (χ1v) is 15.8. The molecule has 0 bridgehead atoms. The van der Waals surface area contributed by atoms with E-state index in [1.807, 2.05) is 6.92 Å². The SMILES string of the molecule is COc1cccc2c1C(=O)c1c(O)c3c(c(O)c1C2=O)C[C@@](O)(C(=O)CO)C[C@@H]3O[C@@H]1O[C@@H](C)[C@H]2OC3CCCN3[C@H]2[C@H]1I. The van der Waals surface area contributed by atoms with Crippen LogP contribution in [0.5, 0.6) is 17.2 Å². The van der Waals surface area contributed by atoms with Gasteiger partial charge in [0, 0.05) is 36.1 Å². The molecule has 13 heteroatoms. The van der Waals surface area contributed by atoms with Gasteiger partial charge in [-0.05, 0) is 25.8 Å². The highest BCUT2D eigenvalue weighted by atomic mass is 127. The van der Waals surface area contributed by atoms with Gasteiger partial charge in [0.25, 0.3) is 0 Å². The number of fused-ring (bicyclic) bond motifs is 6. The van der Waals surface area contributed by atoms with Gasteiger partial charge in [-0.3, -0.25) is 19.3 Å². The van der Waals surface area contributed by atoms with Gasteiger partial charge in [0.15, 0.2) is 17.9 Å². The fraction of sp³-hybridized carbons (Fsp3) is 0.516. The number of phenols is 2. The second-order valence-corrected chi connectivity index (χ2v) is 13.5. The van der Waals surface area contributed by atoms with Crippen molar-refractivity contribution in [3.8, 4) is 17.2 Å². The Labute approximate surface area is 266 Å². The number of phenolic OH excluding ortho intramolecular Hbond substituents is 2. The summed E-state index contributed by atoms with van der Waals surface area (Å²) in [6.45, 7) is 1.77. The van der Waals surface area contributed by atoms with E-state index in [0.717, 1.165) is 19.4 Å². The van der Waals surface area contributed by atoms with Crippen LogP contribution in [0.3, 0.4) is 0 Å². The molecule has 7 rings (SSSR count). The molecular formula is C31H32INO11. The van der Waals surface area contributed by atoms with Gasteiger partial charge >= 0.3 is 0 Å². The Morgan fingerprint density at radius 1 is 1.14 bits per heavy atom. The fourth-order valence-corrected chi connectivity index (χ4v) is 8.80. The van der Waals surface area contributed by atoms with Gasteiger partial charge in [-0.25, -0.2) is 0 Å². The minimum absolute atomic E-state index is 0.00864. The molecule has 12 nitrogen and oxygen atoms in total. The van der Waals surface area contributed by atoms with Crippen molar-refractivity contribution < 1.29 is 53.8 Å². The number of halogens is 1. The van der Waals surface area contributed by atoms with Crippen molar-refractivity contribution in [2.24, 2.45) is 0 Å². The first-order chi connectivity index (χ1) is 21.0. The number of ether oxygens (including phenoxy) is 4. The number of carbonyl (C=O) groups excluding carboxylic acids is 3. The zero-order valence-electron chi connectivity index (χ0n) is 24.0. The Bertz CT molecular complexity index is 1590. The topological polar surface area (TPSA) is 172 Å². The Hall–Kier alpha value is -2.66. The zero-order valence-corrected chi connectivity index (χ0v) is 26.1. The molecule has 3 fully saturated rings. The largest absolute Gasteiger partial charge is 0.507 e. The van der Waals surface area contributed by atoms with E-state index in [1.54, 1.807) is 0 Å². The van der Waals surface area contributed by atoms with Gasteiger partial charge in [0.05, 0.1) is 46.0 Å². The first-order valence-electron chi connectivity index (χ1n) is 14.6.